The van der Waals surface area contributed by atoms with Crippen LogP contribution in [0.2, 0.25) is 5.02 Å². The van der Waals surface area contributed by atoms with E-state index in [4.69, 9.17) is 16.6 Å². The van der Waals surface area contributed by atoms with Gasteiger partial charge in [-0.15, -0.1) is 0 Å². The van der Waals surface area contributed by atoms with Crippen LogP contribution in [0.1, 0.15) is 42.6 Å². The molecule has 0 aliphatic heterocycles. The van der Waals surface area contributed by atoms with E-state index < -0.39 is 0 Å². The third kappa shape index (κ3) is 3.49. The number of nitrogens with one attached hydrogen (secondary N) is 2. The summed E-state index contributed by atoms with van der Waals surface area (Å²) < 4.78 is 0. The SMILES string of the molecule is O=C(NC1CCCCC1)c1cc2c([nH]c3ccccc32)c(-c2cccc(Cl)c2)n1. The highest BCUT2D eigenvalue weighted by Gasteiger charge is 2.20. The molecule has 2 N–H and O–H groups in total. The molecule has 4 nitrogen and oxygen atoms in total. The number of hydrogen-bond acceptors (Lipinski definition) is 2. The normalized spacial score (nSPS) is 15.1. The molecule has 5 heteroatoms. The van der Waals surface area contributed by atoms with Gasteiger partial charge in [-0.3, -0.25) is 4.79 Å². The number of aromatic nitrogens is 2. The van der Waals surface area contributed by atoms with E-state index in [1.165, 1.54) is 19.3 Å². The Kier molecular flexibility index (Phi) is 4.72. The van der Waals surface area contributed by atoms with E-state index in [0.717, 1.165) is 45.9 Å². The van der Waals surface area contributed by atoms with Crippen molar-refractivity contribution in [2.75, 3.05) is 0 Å². The van der Waals surface area contributed by atoms with Gasteiger partial charge >= 0.3 is 0 Å². The second-order valence-electron chi connectivity index (χ2n) is 7.77. The number of carbonyl (C=O) groups is 1. The summed E-state index contributed by atoms with van der Waals surface area (Å²) in [6.45, 7) is 0. The van der Waals surface area contributed by atoms with Crippen molar-refractivity contribution in [3.63, 3.8) is 0 Å². The first-order valence-electron chi connectivity index (χ1n) is 10.2. The van der Waals surface area contributed by atoms with E-state index in [1.807, 2.05) is 48.5 Å². The predicted octanol–water partition coefficient (Wildman–Crippen LogP) is 6.10. The molecule has 2 aromatic carbocycles. The fraction of sp³-hybridized carbons (Fsp3) is 0.250. The van der Waals surface area contributed by atoms with Gasteiger partial charge in [0.15, 0.2) is 0 Å². The van der Waals surface area contributed by atoms with Gasteiger partial charge in [0.25, 0.3) is 5.91 Å². The topological polar surface area (TPSA) is 57.8 Å². The number of hydrogen-bond donors (Lipinski definition) is 2. The van der Waals surface area contributed by atoms with Crippen LogP contribution < -0.4 is 5.32 Å². The van der Waals surface area contributed by atoms with Crippen LogP contribution in [0.15, 0.2) is 54.6 Å². The Morgan fingerprint density at radius 2 is 1.83 bits per heavy atom. The Labute approximate surface area is 174 Å². The number of amides is 1. The summed E-state index contributed by atoms with van der Waals surface area (Å²) in [5, 5.41) is 5.92. The van der Waals surface area contributed by atoms with Gasteiger partial charge in [-0.05, 0) is 37.1 Å². The molecule has 0 bridgehead atoms. The molecule has 1 aliphatic carbocycles. The minimum Gasteiger partial charge on any atom is -0.353 e. The summed E-state index contributed by atoms with van der Waals surface area (Å²) in [5.41, 5.74) is 4.03. The Balaban J connectivity index is 1.66. The smallest absolute Gasteiger partial charge is 0.270 e. The van der Waals surface area contributed by atoms with Crippen molar-refractivity contribution in [2.45, 2.75) is 38.1 Å². The summed E-state index contributed by atoms with van der Waals surface area (Å²) in [5.74, 6) is -0.104. The van der Waals surface area contributed by atoms with Crippen molar-refractivity contribution in [1.29, 1.82) is 0 Å². The van der Waals surface area contributed by atoms with Crippen molar-refractivity contribution < 1.29 is 4.79 Å². The van der Waals surface area contributed by atoms with Crippen LogP contribution in [0.4, 0.5) is 0 Å². The number of fused-ring (bicyclic) bond motifs is 3. The Bertz CT molecular complexity index is 1210. The molecular weight excluding hydrogens is 382 g/mol. The van der Waals surface area contributed by atoms with Crippen LogP contribution in [0.5, 0.6) is 0 Å². The molecule has 4 aromatic rings. The van der Waals surface area contributed by atoms with Gasteiger partial charge in [-0.25, -0.2) is 4.98 Å². The zero-order valence-corrected chi connectivity index (χ0v) is 16.8. The molecule has 0 radical (unpaired) electrons. The van der Waals surface area contributed by atoms with Crippen LogP contribution in [-0.4, -0.2) is 21.9 Å². The molecule has 146 valence electrons. The zero-order chi connectivity index (χ0) is 19.8. The maximum absolute atomic E-state index is 13.1. The number of halogens is 1. The quantitative estimate of drug-likeness (QED) is 0.434. The summed E-state index contributed by atoms with van der Waals surface area (Å²) in [7, 11) is 0. The Hall–Kier alpha value is -2.85. The van der Waals surface area contributed by atoms with Gasteiger partial charge < -0.3 is 10.3 Å². The molecule has 2 aromatic heterocycles. The van der Waals surface area contributed by atoms with Gasteiger partial charge in [-0.2, -0.15) is 0 Å². The highest BCUT2D eigenvalue weighted by Crippen LogP contribution is 2.33. The number of H-pyrrole nitrogens is 1. The van der Waals surface area contributed by atoms with Crippen LogP contribution >= 0.6 is 11.6 Å². The number of aromatic amines is 1. The van der Waals surface area contributed by atoms with E-state index >= 15 is 0 Å². The average Bonchev–Trinajstić information content (AvgIpc) is 3.12. The van der Waals surface area contributed by atoms with E-state index in [2.05, 4.69) is 16.4 Å². The number of para-hydroxylation sites is 1. The van der Waals surface area contributed by atoms with Crippen molar-refractivity contribution >= 4 is 39.3 Å². The first kappa shape index (κ1) is 18.2. The summed E-state index contributed by atoms with van der Waals surface area (Å²) in [4.78, 5) is 21.3. The largest absolute Gasteiger partial charge is 0.353 e. The predicted molar refractivity (Wildman–Crippen MR) is 118 cm³/mol. The second kappa shape index (κ2) is 7.53. The molecule has 29 heavy (non-hydrogen) atoms. The lowest BCUT2D eigenvalue weighted by atomic mass is 9.95. The number of nitrogens with zero attached hydrogens (tertiary/aromatic N) is 1. The van der Waals surface area contributed by atoms with E-state index in [1.54, 1.807) is 0 Å². The van der Waals surface area contributed by atoms with Crippen LogP contribution in [-0.2, 0) is 0 Å². The molecule has 0 spiro atoms. The molecule has 0 saturated heterocycles. The van der Waals surface area contributed by atoms with E-state index in [0.29, 0.717) is 10.7 Å². The molecule has 0 unspecified atom stereocenters. The van der Waals surface area contributed by atoms with Gasteiger partial charge in [0.2, 0.25) is 0 Å². The van der Waals surface area contributed by atoms with Crippen molar-refractivity contribution in [3.8, 4) is 11.3 Å². The first-order chi connectivity index (χ1) is 14.2. The minimum atomic E-state index is -0.104. The monoisotopic (exact) mass is 403 g/mol. The van der Waals surface area contributed by atoms with Gasteiger partial charge in [0.1, 0.15) is 5.69 Å². The minimum absolute atomic E-state index is 0.104. The third-order valence-corrected chi connectivity index (χ3v) is 6.00. The van der Waals surface area contributed by atoms with Crippen molar-refractivity contribution in [3.05, 3.63) is 65.3 Å². The first-order valence-corrected chi connectivity index (χ1v) is 10.5. The number of benzene rings is 2. The lowest BCUT2D eigenvalue weighted by Crippen LogP contribution is -2.36. The third-order valence-electron chi connectivity index (χ3n) is 5.77. The van der Waals surface area contributed by atoms with Crippen molar-refractivity contribution in [2.24, 2.45) is 0 Å². The molecule has 1 aliphatic rings. The number of pyridine rings is 1. The number of rotatable bonds is 3. The molecule has 1 amide bonds. The molecular formula is C24H22ClN3O. The standard InChI is InChI=1S/C24H22ClN3O/c25-16-8-6-7-15(13-16)22-23-19(18-11-4-5-12-20(18)27-23)14-21(28-22)24(29)26-17-9-2-1-3-10-17/h4-8,11-14,17,27H,1-3,9-10H2,(H,26,29). The van der Waals surface area contributed by atoms with Crippen LogP contribution in [0.25, 0.3) is 33.1 Å². The van der Waals surface area contributed by atoms with Gasteiger partial charge in [0, 0.05) is 32.9 Å². The summed E-state index contributed by atoms with van der Waals surface area (Å²) in [6, 6.07) is 17.9. The highest BCUT2D eigenvalue weighted by atomic mass is 35.5. The maximum Gasteiger partial charge on any atom is 0.270 e. The highest BCUT2D eigenvalue weighted by molar-refractivity contribution is 6.31. The Morgan fingerprint density at radius 1 is 1.00 bits per heavy atom. The van der Waals surface area contributed by atoms with E-state index in [9.17, 15) is 4.79 Å². The summed E-state index contributed by atoms with van der Waals surface area (Å²) in [6.07, 6.45) is 5.69. The van der Waals surface area contributed by atoms with Gasteiger partial charge in [0.05, 0.1) is 11.2 Å². The molecule has 5 rings (SSSR count). The fourth-order valence-electron chi connectivity index (χ4n) is 4.31. The van der Waals surface area contributed by atoms with Crippen LogP contribution in [0, 0.1) is 0 Å². The second-order valence-corrected chi connectivity index (χ2v) is 8.20. The van der Waals surface area contributed by atoms with E-state index in [-0.39, 0.29) is 11.9 Å². The lowest BCUT2D eigenvalue weighted by Gasteiger charge is -2.22. The number of carbonyl (C=O) groups excluding carboxylic acids is 1. The average molecular weight is 404 g/mol. The molecule has 1 fully saturated rings. The van der Waals surface area contributed by atoms with Crippen molar-refractivity contribution in [1.82, 2.24) is 15.3 Å². The Morgan fingerprint density at radius 3 is 2.66 bits per heavy atom. The van der Waals surface area contributed by atoms with Gasteiger partial charge in [-0.1, -0.05) is 61.2 Å². The molecule has 0 atom stereocenters. The van der Waals surface area contributed by atoms with Crippen LogP contribution in [0.3, 0.4) is 0 Å². The molecule has 2 heterocycles. The fourth-order valence-corrected chi connectivity index (χ4v) is 4.50. The maximum atomic E-state index is 13.1. The lowest BCUT2D eigenvalue weighted by molar-refractivity contribution is 0.0923. The summed E-state index contributed by atoms with van der Waals surface area (Å²) >= 11 is 6.24. The molecule has 1 saturated carbocycles. The zero-order valence-electron chi connectivity index (χ0n) is 16.0.